The molecule has 9 nitrogen and oxygen atoms in total. The zero-order valence-electron chi connectivity index (χ0n) is 17.5. The van der Waals surface area contributed by atoms with Crippen molar-refractivity contribution in [1.29, 1.82) is 0 Å². The molecule has 0 saturated heterocycles. The highest BCUT2D eigenvalue weighted by molar-refractivity contribution is 9.10. The van der Waals surface area contributed by atoms with Gasteiger partial charge in [-0.1, -0.05) is 5.16 Å². The van der Waals surface area contributed by atoms with Gasteiger partial charge in [-0.15, -0.1) is 0 Å². The second kappa shape index (κ2) is 9.86. The molecule has 0 aliphatic rings. The van der Waals surface area contributed by atoms with Gasteiger partial charge in [0.25, 0.3) is 5.88 Å². The Hall–Kier alpha value is -3.34. The third kappa shape index (κ3) is 6.58. The molecule has 0 aliphatic heterocycles. The van der Waals surface area contributed by atoms with Crippen molar-refractivity contribution >= 4 is 28.3 Å². The molecule has 168 valence electrons. The molecule has 1 amide bonds. The second-order valence-corrected chi connectivity index (χ2v) is 8.65. The first-order valence-electron chi connectivity index (χ1n) is 9.49. The third-order valence-electron chi connectivity index (χ3n) is 3.83. The highest BCUT2D eigenvalue weighted by atomic mass is 79.9. The molecule has 0 fully saturated rings. The van der Waals surface area contributed by atoms with E-state index in [0.29, 0.717) is 22.1 Å². The average Bonchev–Trinajstić information content (AvgIpc) is 3.17. The van der Waals surface area contributed by atoms with E-state index in [-0.39, 0.29) is 24.0 Å². The van der Waals surface area contributed by atoms with E-state index in [1.54, 1.807) is 45.0 Å². The summed E-state index contributed by atoms with van der Waals surface area (Å²) in [6.07, 6.45) is 0.0601. The number of benzene rings is 1. The molecule has 0 bridgehead atoms. The predicted molar refractivity (Wildman–Crippen MR) is 115 cm³/mol. The number of amides is 1. The highest BCUT2D eigenvalue weighted by Gasteiger charge is 2.21. The molecule has 0 unspecified atom stereocenters. The number of hydrogen-bond donors (Lipinski definition) is 1. The van der Waals surface area contributed by atoms with Gasteiger partial charge in [0.15, 0.2) is 18.2 Å². The number of rotatable bonds is 7. The summed E-state index contributed by atoms with van der Waals surface area (Å²) in [5.74, 6) is 0.00321. The van der Waals surface area contributed by atoms with Crippen LogP contribution in [0.3, 0.4) is 0 Å². The Morgan fingerprint density at radius 1 is 1.31 bits per heavy atom. The van der Waals surface area contributed by atoms with E-state index >= 15 is 0 Å². The first kappa shape index (κ1) is 23.3. The Labute approximate surface area is 191 Å². The molecule has 1 N–H and O–H groups in total. The number of pyridine rings is 1. The summed E-state index contributed by atoms with van der Waals surface area (Å²) < 4.78 is 30.0. The second-order valence-electron chi connectivity index (χ2n) is 7.74. The van der Waals surface area contributed by atoms with E-state index in [4.69, 9.17) is 14.0 Å². The Kier molecular flexibility index (Phi) is 7.18. The van der Waals surface area contributed by atoms with Gasteiger partial charge in [-0.25, -0.2) is 14.2 Å². The lowest BCUT2D eigenvalue weighted by Crippen LogP contribution is -2.42. The summed E-state index contributed by atoms with van der Waals surface area (Å²) in [5.41, 5.74) is 0.0997. The Morgan fingerprint density at radius 2 is 2.03 bits per heavy atom. The summed E-state index contributed by atoms with van der Waals surface area (Å²) in [4.78, 5) is 31.2. The van der Waals surface area contributed by atoms with E-state index in [1.807, 2.05) is 0 Å². The molecule has 2 aromatic heterocycles. The number of alkyl carbamates (subject to hydrolysis) is 1. The van der Waals surface area contributed by atoms with Crippen LogP contribution in [0.4, 0.5) is 9.18 Å². The first-order chi connectivity index (χ1) is 15.1. The fourth-order valence-corrected chi connectivity index (χ4v) is 2.78. The number of hydrogen-bond acceptors (Lipinski definition) is 8. The lowest BCUT2D eigenvalue weighted by atomic mass is 10.1. The van der Waals surface area contributed by atoms with Crippen LogP contribution in [0.15, 0.2) is 45.5 Å². The van der Waals surface area contributed by atoms with Crippen molar-refractivity contribution in [3.63, 3.8) is 0 Å². The zero-order chi connectivity index (χ0) is 23.3. The topological polar surface area (TPSA) is 116 Å². The first-order valence-corrected chi connectivity index (χ1v) is 10.3. The average molecular weight is 507 g/mol. The van der Waals surface area contributed by atoms with Crippen molar-refractivity contribution in [1.82, 2.24) is 20.4 Å². The van der Waals surface area contributed by atoms with Crippen LogP contribution in [0.25, 0.3) is 11.4 Å². The van der Waals surface area contributed by atoms with Crippen molar-refractivity contribution in [2.24, 2.45) is 0 Å². The number of aromatic nitrogens is 3. The van der Waals surface area contributed by atoms with Crippen molar-refractivity contribution in [2.45, 2.75) is 38.8 Å². The molecule has 2 heterocycles. The van der Waals surface area contributed by atoms with Crippen LogP contribution in [-0.2, 0) is 16.0 Å². The minimum absolute atomic E-state index is 0.0657. The number of halogens is 2. The monoisotopic (exact) mass is 506 g/mol. The number of ether oxygens (including phenoxy) is 2. The molecule has 1 aromatic carbocycles. The van der Waals surface area contributed by atoms with Crippen LogP contribution in [0.5, 0.6) is 11.6 Å². The molecule has 0 spiro atoms. The van der Waals surface area contributed by atoms with Gasteiger partial charge < -0.3 is 19.3 Å². The van der Waals surface area contributed by atoms with E-state index < -0.39 is 23.6 Å². The van der Waals surface area contributed by atoms with Crippen molar-refractivity contribution in [3.8, 4) is 23.0 Å². The molecule has 0 radical (unpaired) electrons. The van der Waals surface area contributed by atoms with E-state index in [0.717, 1.165) is 0 Å². The third-order valence-corrected chi connectivity index (χ3v) is 4.27. The Balaban J connectivity index is 1.63. The van der Waals surface area contributed by atoms with Gasteiger partial charge in [-0.3, -0.25) is 4.79 Å². The molecule has 11 heteroatoms. The maximum atomic E-state index is 13.9. The van der Waals surface area contributed by atoms with Gasteiger partial charge in [0.2, 0.25) is 11.7 Å². The van der Waals surface area contributed by atoms with Crippen LogP contribution >= 0.6 is 15.9 Å². The van der Waals surface area contributed by atoms with E-state index in [1.165, 1.54) is 12.3 Å². The van der Waals surface area contributed by atoms with Gasteiger partial charge in [0, 0.05) is 21.8 Å². The molecule has 32 heavy (non-hydrogen) atoms. The maximum Gasteiger partial charge on any atom is 0.408 e. The minimum atomic E-state index is -1.07. The quantitative estimate of drug-likeness (QED) is 0.466. The molecule has 1 atom stereocenters. The number of nitrogens with zero attached hydrogens (tertiary/aromatic N) is 3. The molecule has 0 aliphatic carbocycles. The van der Waals surface area contributed by atoms with Gasteiger partial charge in [-0.2, -0.15) is 4.98 Å². The summed E-state index contributed by atoms with van der Waals surface area (Å²) in [5, 5.41) is 6.47. The minimum Gasteiger partial charge on any atom is -0.438 e. The smallest absolute Gasteiger partial charge is 0.408 e. The van der Waals surface area contributed by atoms with Gasteiger partial charge in [0.1, 0.15) is 5.75 Å². The molecule has 3 rings (SSSR count). The molecule has 3 aromatic rings. The number of nitrogens with one attached hydrogen (secondary N) is 1. The van der Waals surface area contributed by atoms with Crippen LogP contribution in [0.1, 0.15) is 26.7 Å². The number of carbonyl (C=O) groups excluding carboxylic acids is 2. The standard InChI is InChI=1S/C21H20BrFN4O5/c1-21(2,3)26-20(29)31-15(11-28)9-17-25-18(27-32-17)12-4-6-14(7-5-12)30-19-16(23)8-13(22)10-24-19/h4-8,10-11,15H,9H2,1-3H3,(H,26,29)/t15-/m0/s1. The van der Waals surface area contributed by atoms with Crippen molar-refractivity contribution in [3.05, 3.63) is 52.7 Å². The van der Waals surface area contributed by atoms with Crippen LogP contribution < -0.4 is 10.1 Å². The zero-order valence-corrected chi connectivity index (χ0v) is 19.1. The summed E-state index contributed by atoms with van der Waals surface area (Å²) >= 11 is 3.13. The molecular formula is C21H20BrFN4O5. The largest absolute Gasteiger partial charge is 0.438 e. The molecule has 0 saturated carbocycles. The highest BCUT2D eigenvalue weighted by Crippen LogP contribution is 2.26. The predicted octanol–water partition coefficient (Wildman–Crippen LogP) is 4.46. The van der Waals surface area contributed by atoms with Gasteiger partial charge in [0.05, 0.1) is 6.42 Å². The SMILES string of the molecule is CC(C)(C)NC(=O)O[C@H](C=O)Cc1nc(-c2ccc(Oc3ncc(Br)cc3F)cc2)no1. The number of aldehydes is 1. The van der Waals surface area contributed by atoms with Crippen molar-refractivity contribution in [2.75, 3.05) is 0 Å². The van der Waals surface area contributed by atoms with Crippen molar-refractivity contribution < 1.29 is 28.0 Å². The maximum absolute atomic E-state index is 13.9. The van der Waals surface area contributed by atoms with Gasteiger partial charge >= 0.3 is 6.09 Å². The van der Waals surface area contributed by atoms with Crippen LogP contribution in [-0.4, -0.2) is 39.1 Å². The van der Waals surface area contributed by atoms with E-state index in [9.17, 15) is 14.0 Å². The summed E-state index contributed by atoms with van der Waals surface area (Å²) in [6.45, 7) is 5.37. The fraction of sp³-hybridized carbons (Fsp3) is 0.286. The van der Waals surface area contributed by atoms with Crippen LogP contribution in [0, 0.1) is 5.82 Å². The molecular weight excluding hydrogens is 487 g/mol. The summed E-state index contributed by atoms with van der Waals surface area (Å²) in [7, 11) is 0. The number of carbonyl (C=O) groups is 2. The van der Waals surface area contributed by atoms with E-state index in [2.05, 4.69) is 36.4 Å². The van der Waals surface area contributed by atoms with Gasteiger partial charge in [-0.05, 0) is 67.0 Å². The normalized spacial score (nSPS) is 12.2. The Bertz CT molecular complexity index is 1100. The lowest BCUT2D eigenvalue weighted by molar-refractivity contribution is -0.115. The summed E-state index contributed by atoms with van der Waals surface area (Å²) in [6, 6.07) is 7.77. The van der Waals surface area contributed by atoms with Crippen LogP contribution in [0.2, 0.25) is 0 Å². The fourth-order valence-electron chi connectivity index (χ4n) is 2.48. The Morgan fingerprint density at radius 3 is 2.66 bits per heavy atom. The lowest BCUT2D eigenvalue weighted by Gasteiger charge is -2.21.